The molecule has 5 heteroatoms. The quantitative estimate of drug-likeness (QED) is 0.750. The molecule has 4 nitrogen and oxygen atoms in total. The molecule has 0 radical (unpaired) electrons. The summed E-state index contributed by atoms with van der Waals surface area (Å²) in [6.45, 7) is 5.08. The third-order valence-corrected chi connectivity index (χ3v) is 5.26. The van der Waals surface area contributed by atoms with Gasteiger partial charge in [-0.2, -0.15) is 0 Å². The molecule has 1 N–H and O–H groups in total. The number of carbonyl (C=O) groups is 2. The number of anilines is 2. The molecule has 0 spiro atoms. The van der Waals surface area contributed by atoms with Crippen molar-refractivity contribution in [3.8, 4) is 0 Å². The van der Waals surface area contributed by atoms with E-state index in [1.165, 1.54) is 0 Å². The van der Waals surface area contributed by atoms with Crippen LogP contribution in [0.1, 0.15) is 37.1 Å². The maximum atomic E-state index is 12.3. The van der Waals surface area contributed by atoms with E-state index in [1.54, 1.807) is 17.4 Å². The summed E-state index contributed by atoms with van der Waals surface area (Å²) < 4.78 is 0. The van der Waals surface area contributed by atoms with Crippen molar-refractivity contribution in [2.45, 2.75) is 33.1 Å². The second-order valence-electron chi connectivity index (χ2n) is 6.91. The Morgan fingerprint density at radius 3 is 2.88 bits per heavy atom. The van der Waals surface area contributed by atoms with Gasteiger partial charge >= 0.3 is 0 Å². The van der Waals surface area contributed by atoms with Gasteiger partial charge in [0.05, 0.1) is 0 Å². The van der Waals surface area contributed by atoms with E-state index in [0.717, 1.165) is 41.2 Å². The van der Waals surface area contributed by atoms with Crippen LogP contribution in [0.3, 0.4) is 0 Å². The Morgan fingerprint density at radius 2 is 2.15 bits per heavy atom. The number of hydrogen-bond donors (Lipinski definition) is 1. The Kier molecular flexibility index (Phi) is 5.89. The summed E-state index contributed by atoms with van der Waals surface area (Å²) in [7, 11) is 0. The second kappa shape index (κ2) is 8.32. The predicted molar refractivity (Wildman–Crippen MR) is 109 cm³/mol. The fourth-order valence-corrected chi connectivity index (χ4v) is 3.62. The summed E-state index contributed by atoms with van der Waals surface area (Å²) in [5, 5.41) is 4.89. The fraction of sp³-hybridized carbons (Fsp3) is 0.333. The lowest BCUT2D eigenvalue weighted by molar-refractivity contribution is -0.119. The summed E-state index contributed by atoms with van der Waals surface area (Å²) in [6.07, 6.45) is 5.59. The third kappa shape index (κ3) is 4.61. The van der Waals surface area contributed by atoms with Crippen molar-refractivity contribution in [3.63, 3.8) is 0 Å². The monoisotopic (exact) mass is 368 g/mol. The number of amides is 2. The third-order valence-electron chi connectivity index (χ3n) is 4.42. The highest BCUT2D eigenvalue weighted by atomic mass is 32.1. The van der Waals surface area contributed by atoms with E-state index < -0.39 is 0 Å². The lowest BCUT2D eigenvalue weighted by Crippen LogP contribution is -2.36. The van der Waals surface area contributed by atoms with Crippen LogP contribution in [0.4, 0.5) is 11.4 Å². The maximum Gasteiger partial charge on any atom is 0.248 e. The highest BCUT2D eigenvalue weighted by Crippen LogP contribution is 2.31. The van der Waals surface area contributed by atoms with Crippen molar-refractivity contribution >= 4 is 40.6 Å². The zero-order chi connectivity index (χ0) is 18.5. The summed E-state index contributed by atoms with van der Waals surface area (Å²) in [4.78, 5) is 27.3. The van der Waals surface area contributed by atoms with Crippen molar-refractivity contribution < 1.29 is 9.59 Å². The number of nitrogens with one attached hydrogen (secondary N) is 1. The normalized spacial score (nSPS) is 14.1. The first-order valence-electron chi connectivity index (χ1n) is 8.99. The standard InChI is InChI=1S/C21H24N2O2S/c1-15(2)11-12-23-19-8-6-17(14-16(19)5-10-21(23)25)22-20(24)9-7-18-4-3-13-26-18/h3-4,6-9,13-15H,5,10-12H2,1-2H3,(H,22,24)/b9-7+. The predicted octanol–water partition coefficient (Wildman–Crippen LogP) is 4.73. The average molecular weight is 369 g/mol. The molecule has 0 aliphatic carbocycles. The average Bonchev–Trinajstić information content (AvgIpc) is 3.12. The van der Waals surface area contributed by atoms with Crippen molar-refractivity contribution in [1.29, 1.82) is 0 Å². The van der Waals surface area contributed by atoms with Crippen molar-refractivity contribution in [3.05, 3.63) is 52.2 Å². The zero-order valence-corrected chi connectivity index (χ0v) is 16.0. The van der Waals surface area contributed by atoms with E-state index in [9.17, 15) is 9.59 Å². The molecule has 0 saturated carbocycles. The number of thiophene rings is 1. The summed E-state index contributed by atoms with van der Waals surface area (Å²) >= 11 is 1.59. The Morgan fingerprint density at radius 1 is 1.31 bits per heavy atom. The molecule has 1 aliphatic rings. The topological polar surface area (TPSA) is 49.4 Å². The van der Waals surface area contributed by atoms with E-state index >= 15 is 0 Å². The fourth-order valence-electron chi connectivity index (χ4n) is 3.00. The smallest absolute Gasteiger partial charge is 0.248 e. The van der Waals surface area contributed by atoms with Crippen molar-refractivity contribution in [2.75, 3.05) is 16.8 Å². The first kappa shape index (κ1) is 18.4. The molecule has 26 heavy (non-hydrogen) atoms. The van der Waals surface area contributed by atoms with Gasteiger partial charge in [0.2, 0.25) is 11.8 Å². The molecule has 0 saturated heterocycles. The maximum absolute atomic E-state index is 12.3. The van der Waals surface area contributed by atoms with Gasteiger partial charge < -0.3 is 10.2 Å². The van der Waals surface area contributed by atoms with Crippen molar-refractivity contribution in [1.82, 2.24) is 0 Å². The van der Waals surface area contributed by atoms with Crippen LogP contribution in [-0.2, 0) is 16.0 Å². The number of fused-ring (bicyclic) bond motifs is 1. The van der Waals surface area contributed by atoms with Crippen LogP contribution in [0.2, 0.25) is 0 Å². The van der Waals surface area contributed by atoms with Crippen LogP contribution >= 0.6 is 11.3 Å². The number of rotatable bonds is 6. The van der Waals surface area contributed by atoms with Gasteiger partial charge in [0, 0.05) is 35.3 Å². The van der Waals surface area contributed by atoms with E-state index in [0.29, 0.717) is 12.3 Å². The first-order valence-corrected chi connectivity index (χ1v) is 9.87. The minimum atomic E-state index is -0.151. The molecule has 0 atom stereocenters. The number of aryl methyl sites for hydroxylation is 1. The summed E-state index contributed by atoms with van der Waals surface area (Å²) in [6, 6.07) is 9.73. The lowest BCUT2D eigenvalue weighted by Gasteiger charge is -2.30. The number of benzene rings is 1. The Balaban J connectivity index is 1.70. The van der Waals surface area contributed by atoms with E-state index in [4.69, 9.17) is 0 Å². The minimum Gasteiger partial charge on any atom is -0.323 e. The largest absolute Gasteiger partial charge is 0.323 e. The number of nitrogens with zero attached hydrogens (tertiary/aromatic N) is 1. The van der Waals surface area contributed by atoms with Gasteiger partial charge in [-0.3, -0.25) is 9.59 Å². The Hall–Kier alpha value is -2.40. The molecule has 1 aliphatic heterocycles. The molecule has 2 amide bonds. The van der Waals surface area contributed by atoms with Crippen LogP contribution in [0.5, 0.6) is 0 Å². The minimum absolute atomic E-state index is 0.151. The molecular weight excluding hydrogens is 344 g/mol. The molecule has 0 unspecified atom stereocenters. The number of hydrogen-bond acceptors (Lipinski definition) is 3. The molecule has 136 valence electrons. The van der Waals surface area contributed by atoms with Gasteiger partial charge in [0.15, 0.2) is 0 Å². The van der Waals surface area contributed by atoms with Gasteiger partial charge in [-0.15, -0.1) is 11.3 Å². The zero-order valence-electron chi connectivity index (χ0n) is 15.2. The molecule has 2 aromatic rings. The van der Waals surface area contributed by atoms with E-state index in [-0.39, 0.29) is 11.8 Å². The van der Waals surface area contributed by atoms with Crippen LogP contribution < -0.4 is 10.2 Å². The number of carbonyl (C=O) groups excluding carboxylic acids is 2. The van der Waals surface area contributed by atoms with Gasteiger partial charge in [0.1, 0.15) is 0 Å². The molecule has 0 bridgehead atoms. The van der Waals surface area contributed by atoms with Crippen LogP contribution in [-0.4, -0.2) is 18.4 Å². The summed E-state index contributed by atoms with van der Waals surface area (Å²) in [5.41, 5.74) is 2.87. The lowest BCUT2D eigenvalue weighted by atomic mass is 9.99. The van der Waals surface area contributed by atoms with Crippen LogP contribution in [0, 0.1) is 5.92 Å². The van der Waals surface area contributed by atoms with Gasteiger partial charge in [0.25, 0.3) is 0 Å². The Bertz CT molecular complexity index is 809. The van der Waals surface area contributed by atoms with Crippen molar-refractivity contribution in [2.24, 2.45) is 5.92 Å². The van der Waals surface area contributed by atoms with Crippen LogP contribution in [0.25, 0.3) is 6.08 Å². The van der Waals surface area contributed by atoms with E-state index in [1.807, 2.05) is 46.7 Å². The van der Waals surface area contributed by atoms with Gasteiger partial charge in [-0.1, -0.05) is 19.9 Å². The highest BCUT2D eigenvalue weighted by Gasteiger charge is 2.24. The highest BCUT2D eigenvalue weighted by molar-refractivity contribution is 7.10. The molecular formula is C21H24N2O2S. The SMILES string of the molecule is CC(C)CCN1C(=O)CCc2cc(NC(=O)/C=C/c3cccs3)ccc21. The summed E-state index contributed by atoms with van der Waals surface area (Å²) in [5.74, 6) is 0.595. The van der Waals surface area contributed by atoms with Gasteiger partial charge in [-0.25, -0.2) is 0 Å². The first-order chi connectivity index (χ1) is 12.5. The molecule has 1 aromatic heterocycles. The second-order valence-corrected chi connectivity index (χ2v) is 7.89. The molecule has 0 fully saturated rings. The molecule has 2 heterocycles. The molecule has 3 rings (SSSR count). The van der Waals surface area contributed by atoms with Crippen LogP contribution in [0.15, 0.2) is 41.8 Å². The molecule has 1 aromatic carbocycles. The van der Waals surface area contributed by atoms with Gasteiger partial charge in [-0.05, 0) is 60.0 Å². The van der Waals surface area contributed by atoms with E-state index in [2.05, 4.69) is 19.2 Å². The Labute approximate surface area is 158 Å².